The Labute approximate surface area is 218 Å². The van der Waals surface area contributed by atoms with Crippen molar-refractivity contribution in [3.05, 3.63) is 70.9 Å². The van der Waals surface area contributed by atoms with Crippen molar-refractivity contribution in [3.8, 4) is 17.6 Å². The van der Waals surface area contributed by atoms with Gasteiger partial charge in [0.1, 0.15) is 11.9 Å². The van der Waals surface area contributed by atoms with Gasteiger partial charge in [-0.3, -0.25) is 14.7 Å². The van der Waals surface area contributed by atoms with Crippen LogP contribution in [-0.2, 0) is 4.79 Å². The number of carboxylic acid groups (broad SMARTS) is 1. The average Bonchev–Trinajstić information content (AvgIpc) is 2.86. The van der Waals surface area contributed by atoms with E-state index in [-0.39, 0.29) is 18.3 Å². The summed E-state index contributed by atoms with van der Waals surface area (Å²) in [6.07, 6.45) is 2.43. The van der Waals surface area contributed by atoms with Crippen molar-refractivity contribution in [2.75, 3.05) is 26.7 Å². The van der Waals surface area contributed by atoms with Gasteiger partial charge in [0.25, 0.3) is 0 Å². The fourth-order valence-corrected chi connectivity index (χ4v) is 5.50. The van der Waals surface area contributed by atoms with Crippen LogP contribution in [0.4, 0.5) is 4.39 Å². The zero-order valence-corrected chi connectivity index (χ0v) is 21.8. The highest BCUT2D eigenvalue weighted by Gasteiger charge is 2.31. The lowest BCUT2D eigenvalue weighted by Crippen LogP contribution is -2.41. The first-order chi connectivity index (χ1) is 17.8. The molecular weight excluding hydrogens is 467 g/mol. The predicted molar refractivity (Wildman–Crippen MR) is 144 cm³/mol. The zero-order chi connectivity index (χ0) is 26.4. The molecule has 2 aromatic carbocycles. The number of hydrogen-bond acceptors (Lipinski definition) is 4. The predicted octanol–water partition coefficient (Wildman–Crippen LogP) is 6.12. The number of nitrogens with zero attached hydrogens (tertiary/aromatic N) is 2. The number of alkyl halides is 1. The van der Waals surface area contributed by atoms with Gasteiger partial charge in [0.05, 0.1) is 19.2 Å². The summed E-state index contributed by atoms with van der Waals surface area (Å²) >= 11 is 0. The zero-order valence-electron chi connectivity index (χ0n) is 21.8. The summed E-state index contributed by atoms with van der Waals surface area (Å²) in [5, 5.41) is 10.3. The Bertz CT molecular complexity index is 1290. The molecule has 0 amide bonds. The van der Waals surface area contributed by atoms with Crippen LogP contribution in [-0.4, -0.2) is 47.7 Å². The normalized spacial score (nSPS) is 18.7. The van der Waals surface area contributed by atoms with Crippen LogP contribution < -0.4 is 4.74 Å². The molecule has 0 spiro atoms. The maximum Gasteiger partial charge on any atom is 0.303 e. The lowest BCUT2D eigenvalue weighted by atomic mass is 9.79. The molecule has 4 rings (SSSR count). The van der Waals surface area contributed by atoms with Crippen molar-refractivity contribution in [3.63, 3.8) is 0 Å². The highest BCUT2D eigenvalue weighted by molar-refractivity contribution is 5.83. The number of carboxylic acids is 1. The molecule has 0 saturated carbocycles. The number of likely N-dealkylation sites (tertiary alicyclic amines) is 1. The first-order valence-corrected chi connectivity index (χ1v) is 12.9. The molecule has 2 heterocycles. The van der Waals surface area contributed by atoms with Crippen molar-refractivity contribution in [1.82, 2.24) is 9.88 Å². The summed E-state index contributed by atoms with van der Waals surface area (Å²) in [4.78, 5) is 18.2. The Morgan fingerprint density at radius 2 is 1.97 bits per heavy atom. The number of piperidine rings is 1. The quantitative estimate of drug-likeness (QED) is 0.376. The van der Waals surface area contributed by atoms with E-state index in [2.05, 4.69) is 53.8 Å². The summed E-state index contributed by atoms with van der Waals surface area (Å²) < 4.78 is 20.8. The van der Waals surface area contributed by atoms with Crippen LogP contribution in [0.25, 0.3) is 10.9 Å². The first-order valence-electron chi connectivity index (χ1n) is 12.9. The second-order valence-corrected chi connectivity index (χ2v) is 10.1. The van der Waals surface area contributed by atoms with E-state index in [1.807, 2.05) is 18.2 Å². The summed E-state index contributed by atoms with van der Waals surface area (Å²) in [6, 6.07) is 13.5. The molecule has 194 valence electrons. The number of hydrogen-bond donors (Lipinski definition) is 1. The molecule has 0 bridgehead atoms. The number of methoxy groups -OCH3 is 1. The third-order valence-electron chi connectivity index (χ3n) is 7.28. The molecule has 1 aromatic heterocycles. The van der Waals surface area contributed by atoms with Crippen LogP contribution in [0.3, 0.4) is 0 Å². The van der Waals surface area contributed by atoms with E-state index in [4.69, 9.17) is 4.74 Å². The van der Waals surface area contributed by atoms with E-state index >= 15 is 4.39 Å². The van der Waals surface area contributed by atoms with Crippen LogP contribution in [0, 0.1) is 37.5 Å². The topological polar surface area (TPSA) is 62.7 Å². The van der Waals surface area contributed by atoms with Gasteiger partial charge in [0.2, 0.25) is 0 Å². The number of aliphatic carboxylic acids is 1. The molecule has 5 nitrogen and oxygen atoms in total. The average molecular weight is 503 g/mol. The molecule has 1 fully saturated rings. The fourth-order valence-electron chi connectivity index (χ4n) is 5.50. The van der Waals surface area contributed by atoms with Gasteiger partial charge >= 0.3 is 5.97 Å². The van der Waals surface area contributed by atoms with Gasteiger partial charge in [-0.15, -0.1) is 0 Å². The van der Waals surface area contributed by atoms with Crippen molar-refractivity contribution in [2.24, 2.45) is 11.8 Å². The SMILES string of the molecule is COc1ccc2nccc([C@H](F)CC[C@@H]3CCN(CC#Cc4cc(C)cc(C)c4)C[C@@H]3CC(=O)O)c2c1. The molecule has 6 heteroatoms. The fraction of sp³-hybridized carbons (Fsp3) is 0.419. The number of pyridine rings is 1. The van der Waals surface area contributed by atoms with Crippen molar-refractivity contribution < 1.29 is 19.0 Å². The first kappa shape index (κ1) is 26.6. The molecule has 0 radical (unpaired) electrons. The Kier molecular flexibility index (Phi) is 8.78. The number of halogens is 1. The highest BCUT2D eigenvalue weighted by Crippen LogP contribution is 2.36. The lowest BCUT2D eigenvalue weighted by molar-refractivity contribution is -0.139. The number of ether oxygens (including phenoxy) is 1. The number of aromatic nitrogens is 1. The minimum Gasteiger partial charge on any atom is -0.497 e. The van der Waals surface area contributed by atoms with Crippen molar-refractivity contribution >= 4 is 16.9 Å². The minimum atomic E-state index is -1.15. The second kappa shape index (κ2) is 12.2. The Morgan fingerprint density at radius 3 is 2.70 bits per heavy atom. The van der Waals surface area contributed by atoms with Crippen LogP contribution in [0.1, 0.15) is 54.1 Å². The van der Waals surface area contributed by atoms with Gasteiger partial charge in [-0.25, -0.2) is 4.39 Å². The lowest BCUT2D eigenvalue weighted by Gasteiger charge is -2.37. The Balaban J connectivity index is 1.39. The molecule has 3 atom stereocenters. The number of rotatable bonds is 8. The van der Waals surface area contributed by atoms with Crippen molar-refractivity contribution in [1.29, 1.82) is 0 Å². The summed E-state index contributed by atoms with van der Waals surface area (Å²) in [5.41, 5.74) is 4.73. The van der Waals surface area contributed by atoms with E-state index in [1.165, 1.54) is 11.1 Å². The summed E-state index contributed by atoms with van der Waals surface area (Å²) in [7, 11) is 1.59. The molecular formula is C31H35FN2O3. The van der Waals surface area contributed by atoms with E-state index in [9.17, 15) is 9.90 Å². The summed E-state index contributed by atoms with van der Waals surface area (Å²) in [5.74, 6) is 6.53. The third kappa shape index (κ3) is 7.08. The third-order valence-corrected chi connectivity index (χ3v) is 7.28. The van der Waals surface area contributed by atoms with Gasteiger partial charge in [-0.05, 0) is 105 Å². The van der Waals surface area contributed by atoms with Crippen LogP contribution in [0.15, 0.2) is 48.7 Å². The maximum atomic E-state index is 15.5. The standard InChI is InChI=1S/C31H35FN2O3/c1-21-15-22(2)17-23(16-21)5-4-13-34-14-11-24(25(20-34)18-31(35)36)6-8-29(32)27-10-12-33-30-9-7-26(37-3)19-28(27)30/h7,9-10,12,15-17,19,24-25,29H,6,8,11,13-14,18,20H2,1-3H3,(H,35,36)/t24-,25+,29-/m1/s1. The molecule has 3 aromatic rings. The number of fused-ring (bicyclic) bond motifs is 1. The van der Waals surface area contributed by atoms with Crippen LogP contribution in [0.2, 0.25) is 0 Å². The van der Waals surface area contributed by atoms with E-state index in [1.54, 1.807) is 19.4 Å². The van der Waals surface area contributed by atoms with Gasteiger partial charge < -0.3 is 9.84 Å². The molecule has 37 heavy (non-hydrogen) atoms. The molecule has 0 aliphatic carbocycles. The molecule has 1 aliphatic rings. The molecule has 1 N–H and O–H groups in total. The monoisotopic (exact) mass is 502 g/mol. The number of carbonyl (C=O) groups is 1. The second-order valence-electron chi connectivity index (χ2n) is 10.1. The Morgan fingerprint density at radius 1 is 1.19 bits per heavy atom. The van der Waals surface area contributed by atoms with E-state index in [0.717, 1.165) is 29.4 Å². The van der Waals surface area contributed by atoms with Crippen LogP contribution in [0.5, 0.6) is 5.75 Å². The van der Waals surface area contributed by atoms with Gasteiger partial charge in [-0.2, -0.15) is 0 Å². The maximum absolute atomic E-state index is 15.5. The molecule has 1 aliphatic heterocycles. The molecule has 1 saturated heterocycles. The largest absolute Gasteiger partial charge is 0.497 e. The highest BCUT2D eigenvalue weighted by atomic mass is 19.1. The summed E-state index contributed by atoms with van der Waals surface area (Å²) in [6.45, 7) is 6.25. The minimum absolute atomic E-state index is 0.0178. The van der Waals surface area contributed by atoms with E-state index < -0.39 is 12.1 Å². The van der Waals surface area contributed by atoms with Crippen LogP contribution >= 0.6 is 0 Å². The van der Waals surface area contributed by atoms with E-state index in [0.29, 0.717) is 37.2 Å². The smallest absolute Gasteiger partial charge is 0.303 e. The molecule has 0 unspecified atom stereocenters. The van der Waals surface area contributed by atoms with Gasteiger partial charge in [-0.1, -0.05) is 17.9 Å². The Hall–Kier alpha value is -3.43. The number of aryl methyl sites for hydroxylation is 2. The van der Waals surface area contributed by atoms with Gasteiger partial charge in [0, 0.05) is 30.1 Å². The van der Waals surface area contributed by atoms with Gasteiger partial charge in [0.15, 0.2) is 0 Å². The van der Waals surface area contributed by atoms with Crippen molar-refractivity contribution in [2.45, 2.75) is 45.7 Å². The number of benzene rings is 2.